The van der Waals surface area contributed by atoms with Crippen molar-refractivity contribution in [2.75, 3.05) is 36.5 Å². The average molecular weight is 499 g/mol. The minimum Gasteiger partial charge on any atom is -0.494 e. The topological polar surface area (TPSA) is 94.2 Å². The second-order valence-electron chi connectivity index (χ2n) is 7.64. The Morgan fingerprint density at radius 1 is 0.857 bits per heavy atom. The van der Waals surface area contributed by atoms with Crippen LogP contribution in [0.25, 0.3) is 0 Å². The number of nitrogens with zero attached hydrogens (tertiary/aromatic N) is 1. The van der Waals surface area contributed by atoms with Crippen LogP contribution in [0, 0.1) is 6.92 Å². The monoisotopic (exact) mass is 498 g/mol. The number of carbonyl (C=O) groups excluding carboxylic acids is 1. The number of hydrogen-bond acceptors (Lipinski definition) is 6. The normalized spacial score (nSPS) is 11.0. The molecule has 1 N–H and O–H groups in total. The van der Waals surface area contributed by atoms with Gasteiger partial charge in [-0.2, -0.15) is 0 Å². The summed E-state index contributed by atoms with van der Waals surface area (Å²) in [6.07, 6.45) is 0. The van der Waals surface area contributed by atoms with Crippen LogP contribution in [0.4, 0.5) is 11.4 Å². The van der Waals surface area contributed by atoms with Gasteiger partial charge in [0.05, 0.1) is 29.5 Å². The van der Waals surface area contributed by atoms with Gasteiger partial charge < -0.3 is 19.5 Å². The molecule has 186 valence electrons. The maximum atomic E-state index is 12.9. The van der Waals surface area contributed by atoms with Gasteiger partial charge in [0, 0.05) is 13.1 Å². The summed E-state index contributed by atoms with van der Waals surface area (Å²) in [5, 5.41) is 2.78. The largest absolute Gasteiger partial charge is 0.494 e. The number of hydrogen-bond donors (Lipinski definition) is 1. The Hall–Kier alpha value is -3.72. The van der Waals surface area contributed by atoms with Gasteiger partial charge in [0.25, 0.3) is 15.9 Å². The summed E-state index contributed by atoms with van der Waals surface area (Å²) in [5.41, 5.74) is 1.94. The first kappa shape index (κ1) is 25.9. The number of nitrogens with one attached hydrogen (secondary N) is 1. The third-order valence-corrected chi connectivity index (χ3v) is 6.89. The molecule has 3 aromatic carbocycles. The van der Waals surface area contributed by atoms with Crippen molar-refractivity contribution in [1.82, 2.24) is 0 Å². The summed E-state index contributed by atoms with van der Waals surface area (Å²) in [4.78, 5) is 12.7. The van der Waals surface area contributed by atoms with Gasteiger partial charge >= 0.3 is 0 Å². The Morgan fingerprint density at radius 2 is 1.49 bits per heavy atom. The number of aryl methyl sites for hydroxylation is 1. The molecule has 0 aliphatic carbocycles. The molecule has 0 saturated heterocycles. The molecule has 0 bridgehead atoms. The van der Waals surface area contributed by atoms with Crippen LogP contribution >= 0.6 is 0 Å². The first-order chi connectivity index (χ1) is 16.7. The Morgan fingerprint density at radius 3 is 2.11 bits per heavy atom. The summed E-state index contributed by atoms with van der Waals surface area (Å²) in [6.45, 7) is 6.35. The number of benzene rings is 3. The van der Waals surface area contributed by atoms with Crippen LogP contribution in [-0.4, -0.2) is 41.2 Å². The molecule has 0 heterocycles. The standard InChI is InChI=1S/C26H30N2O6S/c1-5-32-22-13-16-25(33-6-2)24(17-22)27-26(29)18-34-21-11-9-20(10-12-21)28(4)35(30,31)23-14-7-19(3)8-15-23/h7-17H,5-6,18H2,1-4H3,(H,27,29). The first-order valence-electron chi connectivity index (χ1n) is 11.2. The predicted octanol–water partition coefficient (Wildman–Crippen LogP) is 4.64. The van der Waals surface area contributed by atoms with Crippen LogP contribution in [-0.2, 0) is 14.8 Å². The van der Waals surface area contributed by atoms with E-state index < -0.39 is 10.0 Å². The van der Waals surface area contributed by atoms with Gasteiger partial charge in [0.2, 0.25) is 0 Å². The van der Waals surface area contributed by atoms with E-state index in [4.69, 9.17) is 14.2 Å². The summed E-state index contributed by atoms with van der Waals surface area (Å²) in [5.74, 6) is 1.21. The van der Waals surface area contributed by atoms with Gasteiger partial charge in [0.1, 0.15) is 17.2 Å². The SMILES string of the molecule is CCOc1ccc(OCC)c(NC(=O)COc2ccc(N(C)S(=O)(=O)c3ccc(C)cc3)cc2)c1. The van der Waals surface area contributed by atoms with Crippen molar-refractivity contribution >= 4 is 27.3 Å². The number of amides is 1. The van der Waals surface area contributed by atoms with E-state index >= 15 is 0 Å². The highest BCUT2D eigenvalue weighted by Gasteiger charge is 2.21. The van der Waals surface area contributed by atoms with Crippen LogP contribution in [0.15, 0.2) is 71.6 Å². The fourth-order valence-electron chi connectivity index (χ4n) is 3.24. The number of anilines is 2. The molecular formula is C26H30N2O6S. The molecule has 0 aliphatic heterocycles. The summed E-state index contributed by atoms with van der Waals surface area (Å²) >= 11 is 0. The highest BCUT2D eigenvalue weighted by molar-refractivity contribution is 7.92. The van der Waals surface area contributed by atoms with E-state index in [1.54, 1.807) is 66.7 Å². The zero-order valence-corrected chi connectivity index (χ0v) is 21.1. The van der Waals surface area contributed by atoms with E-state index in [2.05, 4.69) is 5.32 Å². The molecule has 0 radical (unpaired) electrons. The van der Waals surface area contributed by atoms with Crippen molar-refractivity contribution < 1.29 is 27.4 Å². The second kappa shape index (κ2) is 11.6. The smallest absolute Gasteiger partial charge is 0.264 e. The van der Waals surface area contributed by atoms with E-state index in [1.165, 1.54) is 11.4 Å². The minimum atomic E-state index is -3.69. The third-order valence-electron chi connectivity index (χ3n) is 5.09. The molecule has 9 heteroatoms. The highest BCUT2D eigenvalue weighted by atomic mass is 32.2. The summed E-state index contributed by atoms with van der Waals surface area (Å²) < 4.78 is 43.6. The molecule has 0 atom stereocenters. The van der Waals surface area contributed by atoms with E-state index in [1.807, 2.05) is 20.8 Å². The van der Waals surface area contributed by atoms with Crippen LogP contribution in [0.2, 0.25) is 0 Å². The number of sulfonamides is 1. The van der Waals surface area contributed by atoms with Gasteiger partial charge in [-0.1, -0.05) is 17.7 Å². The molecule has 0 fully saturated rings. The maximum Gasteiger partial charge on any atom is 0.264 e. The van der Waals surface area contributed by atoms with E-state index in [-0.39, 0.29) is 17.4 Å². The minimum absolute atomic E-state index is 0.211. The summed E-state index contributed by atoms with van der Waals surface area (Å²) in [7, 11) is -2.20. The predicted molar refractivity (Wildman–Crippen MR) is 136 cm³/mol. The number of rotatable bonds is 11. The van der Waals surface area contributed by atoms with Crippen molar-refractivity contribution in [3.63, 3.8) is 0 Å². The molecule has 0 spiro atoms. The van der Waals surface area contributed by atoms with E-state index in [0.29, 0.717) is 41.8 Å². The number of ether oxygens (including phenoxy) is 3. The van der Waals surface area contributed by atoms with Gasteiger partial charge in [-0.3, -0.25) is 9.10 Å². The highest BCUT2D eigenvalue weighted by Crippen LogP contribution is 2.30. The lowest BCUT2D eigenvalue weighted by molar-refractivity contribution is -0.118. The first-order valence-corrected chi connectivity index (χ1v) is 12.7. The Kier molecular flexibility index (Phi) is 8.59. The molecule has 3 rings (SSSR count). The third kappa shape index (κ3) is 6.66. The van der Waals surface area contributed by atoms with Crippen LogP contribution in [0.3, 0.4) is 0 Å². The van der Waals surface area contributed by atoms with Gasteiger partial charge in [0.15, 0.2) is 6.61 Å². The lowest BCUT2D eigenvalue weighted by Crippen LogP contribution is -2.26. The fraction of sp³-hybridized carbons (Fsp3) is 0.269. The molecule has 3 aromatic rings. The fourth-order valence-corrected chi connectivity index (χ4v) is 4.43. The van der Waals surface area contributed by atoms with Crippen LogP contribution in [0.5, 0.6) is 17.2 Å². The van der Waals surface area contributed by atoms with Gasteiger partial charge in [-0.25, -0.2) is 8.42 Å². The molecule has 0 saturated carbocycles. The van der Waals surface area contributed by atoms with Crippen molar-refractivity contribution in [2.45, 2.75) is 25.7 Å². The van der Waals surface area contributed by atoms with Gasteiger partial charge in [-0.05, 0) is 69.3 Å². The van der Waals surface area contributed by atoms with E-state index in [9.17, 15) is 13.2 Å². The van der Waals surface area contributed by atoms with Crippen LogP contribution in [0.1, 0.15) is 19.4 Å². The zero-order chi connectivity index (χ0) is 25.4. The molecule has 0 unspecified atom stereocenters. The average Bonchev–Trinajstić information content (AvgIpc) is 2.85. The molecule has 1 amide bonds. The number of carbonyl (C=O) groups is 1. The van der Waals surface area contributed by atoms with Crippen molar-refractivity contribution in [2.24, 2.45) is 0 Å². The molecule has 0 aliphatic rings. The molecule has 35 heavy (non-hydrogen) atoms. The van der Waals surface area contributed by atoms with Crippen molar-refractivity contribution in [3.8, 4) is 17.2 Å². The van der Waals surface area contributed by atoms with Crippen molar-refractivity contribution in [1.29, 1.82) is 0 Å². The van der Waals surface area contributed by atoms with Gasteiger partial charge in [-0.15, -0.1) is 0 Å². The zero-order valence-electron chi connectivity index (χ0n) is 20.3. The Balaban J connectivity index is 1.63. The Labute approximate surface area is 206 Å². The lowest BCUT2D eigenvalue weighted by Gasteiger charge is -2.20. The lowest BCUT2D eigenvalue weighted by atomic mass is 10.2. The van der Waals surface area contributed by atoms with E-state index in [0.717, 1.165) is 5.56 Å². The van der Waals surface area contributed by atoms with Crippen molar-refractivity contribution in [3.05, 3.63) is 72.3 Å². The molecule has 0 aromatic heterocycles. The summed E-state index contributed by atoms with van der Waals surface area (Å²) in [6, 6.07) is 18.4. The quantitative estimate of drug-likeness (QED) is 0.414. The van der Waals surface area contributed by atoms with Crippen LogP contribution < -0.4 is 23.8 Å². The molecule has 8 nitrogen and oxygen atoms in total. The maximum absolute atomic E-state index is 12.9. The Bertz CT molecular complexity index is 1240. The second-order valence-corrected chi connectivity index (χ2v) is 9.61. The molecular weight excluding hydrogens is 468 g/mol.